The van der Waals surface area contributed by atoms with Gasteiger partial charge in [0.15, 0.2) is 0 Å². The normalized spacial score (nSPS) is 10.4. The van der Waals surface area contributed by atoms with Crippen molar-refractivity contribution in [3.05, 3.63) is 29.6 Å². The van der Waals surface area contributed by atoms with Crippen molar-refractivity contribution in [1.82, 2.24) is 5.32 Å². The average molecular weight is 270 g/mol. The number of carbonyl (C=O) groups excluding carboxylic acids is 1. The molecule has 0 bridgehead atoms. The van der Waals surface area contributed by atoms with Gasteiger partial charge in [-0.2, -0.15) is 0 Å². The number of rotatable bonds is 3. The highest BCUT2D eigenvalue weighted by Gasteiger charge is 2.15. The van der Waals surface area contributed by atoms with Crippen LogP contribution in [0.4, 0.5) is 4.39 Å². The quantitative estimate of drug-likeness (QED) is 0.770. The van der Waals surface area contributed by atoms with Crippen LogP contribution in [0.25, 0.3) is 0 Å². The highest BCUT2D eigenvalue weighted by molar-refractivity contribution is 7.89. The summed E-state index contributed by atoms with van der Waals surface area (Å²) in [4.78, 5) is 11.1. The van der Waals surface area contributed by atoms with Gasteiger partial charge >= 0.3 is 0 Å². The molecule has 3 N–H and O–H groups in total. The Balaban J connectivity index is 2.98. The van der Waals surface area contributed by atoms with Crippen molar-refractivity contribution in [2.45, 2.75) is 11.8 Å². The van der Waals surface area contributed by atoms with Gasteiger partial charge in [-0.1, -0.05) is 5.92 Å². The van der Waals surface area contributed by atoms with E-state index >= 15 is 0 Å². The number of nitrogens with one attached hydrogen (secondary N) is 1. The van der Waals surface area contributed by atoms with Crippen molar-refractivity contribution in [2.24, 2.45) is 5.14 Å². The molecule has 0 saturated carbocycles. The van der Waals surface area contributed by atoms with Gasteiger partial charge in [-0.15, -0.1) is 5.92 Å². The van der Waals surface area contributed by atoms with Crippen LogP contribution in [-0.2, 0) is 10.0 Å². The number of sulfonamides is 1. The smallest absolute Gasteiger partial charge is 0.255 e. The Bertz CT molecular complexity index is 629. The molecule has 0 spiro atoms. The van der Waals surface area contributed by atoms with Crippen LogP contribution in [0.3, 0.4) is 0 Å². The molecule has 0 aliphatic rings. The molecule has 0 aliphatic heterocycles. The third kappa shape index (κ3) is 3.55. The van der Waals surface area contributed by atoms with E-state index in [9.17, 15) is 17.6 Å². The number of carbonyl (C=O) groups is 1. The zero-order valence-corrected chi connectivity index (χ0v) is 10.3. The maximum absolute atomic E-state index is 13.5. The average Bonchev–Trinajstić information content (AvgIpc) is 2.27. The summed E-state index contributed by atoms with van der Waals surface area (Å²) in [6.07, 6.45) is 0. The van der Waals surface area contributed by atoms with Crippen molar-refractivity contribution in [1.29, 1.82) is 0 Å². The molecule has 0 saturated heterocycles. The van der Waals surface area contributed by atoms with Crippen LogP contribution in [0.2, 0.25) is 0 Å². The summed E-state index contributed by atoms with van der Waals surface area (Å²) >= 11 is 0. The summed E-state index contributed by atoms with van der Waals surface area (Å²) in [5.41, 5.74) is -0.264. The number of halogens is 1. The molecule has 0 aromatic heterocycles. The molecular formula is C11H11FN2O3S. The maximum atomic E-state index is 13.5. The van der Waals surface area contributed by atoms with Crippen molar-refractivity contribution >= 4 is 15.9 Å². The molecule has 1 rings (SSSR count). The van der Waals surface area contributed by atoms with Gasteiger partial charge in [0.2, 0.25) is 10.0 Å². The molecule has 0 heterocycles. The van der Waals surface area contributed by atoms with Gasteiger partial charge in [-0.05, 0) is 25.1 Å². The molecule has 5 nitrogen and oxygen atoms in total. The number of hydrogen-bond donors (Lipinski definition) is 2. The Kier molecular flexibility index (Phi) is 4.42. The molecule has 0 unspecified atom stereocenters. The van der Waals surface area contributed by atoms with Crippen LogP contribution in [-0.4, -0.2) is 20.9 Å². The molecule has 1 aromatic rings. The lowest BCUT2D eigenvalue weighted by Gasteiger charge is -2.04. The minimum atomic E-state index is -3.98. The zero-order valence-electron chi connectivity index (χ0n) is 9.53. The van der Waals surface area contributed by atoms with E-state index in [1.807, 2.05) is 0 Å². The van der Waals surface area contributed by atoms with Crippen LogP contribution >= 0.6 is 0 Å². The van der Waals surface area contributed by atoms with E-state index in [1.165, 1.54) is 0 Å². The first-order valence-corrected chi connectivity index (χ1v) is 6.41. The highest BCUT2D eigenvalue weighted by atomic mass is 32.2. The summed E-state index contributed by atoms with van der Waals surface area (Å²) in [5, 5.41) is 7.20. The van der Waals surface area contributed by atoms with Crippen molar-refractivity contribution in [3.8, 4) is 11.8 Å². The largest absolute Gasteiger partial charge is 0.341 e. The van der Waals surface area contributed by atoms with Gasteiger partial charge in [0, 0.05) is 0 Å². The Morgan fingerprint density at radius 3 is 2.67 bits per heavy atom. The number of primary sulfonamides is 1. The second kappa shape index (κ2) is 5.62. The summed E-state index contributed by atoms with van der Waals surface area (Å²) in [7, 11) is -3.98. The third-order valence-electron chi connectivity index (χ3n) is 2.03. The van der Waals surface area contributed by atoms with Crippen LogP contribution in [0.5, 0.6) is 0 Å². The molecule has 7 heteroatoms. The Hall–Kier alpha value is -1.91. The van der Waals surface area contributed by atoms with Gasteiger partial charge in [0.25, 0.3) is 5.91 Å². The standard InChI is InChI=1S/C11H11FN2O3S/c1-2-3-6-14-11(15)9-5-4-8(7-10(9)12)18(13,16)17/h4-5,7H,6H2,1H3,(H,14,15)(H2,13,16,17). The second-order valence-electron chi connectivity index (χ2n) is 3.30. The van der Waals surface area contributed by atoms with E-state index in [-0.39, 0.29) is 17.0 Å². The SMILES string of the molecule is CC#CCNC(=O)c1ccc(S(N)(=O)=O)cc1F. The monoisotopic (exact) mass is 270 g/mol. The van der Waals surface area contributed by atoms with Crippen LogP contribution < -0.4 is 10.5 Å². The van der Waals surface area contributed by atoms with E-state index < -0.39 is 21.7 Å². The molecule has 18 heavy (non-hydrogen) atoms. The van der Waals surface area contributed by atoms with Gasteiger partial charge < -0.3 is 5.32 Å². The summed E-state index contributed by atoms with van der Waals surface area (Å²) in [6, 6.07) is 2.83. The maximum Gasteiger partial charge on any atom is 0.255 e. The van der Waals surface area contributed by atoms with Crippen LogP contribution in [0.1, 0.15) is 17.3 Å². The minimum absolute atomic E-state index is 0.0890. The number of hydrogen-bond acceptors (Lipinski definition) is 3. The molecule has 0 atom stereocenters. The Morgan fingerprint density at radius 2 is 2.17 bits per heavy atom. The van der Waals surface area contributed by atoms with Crippen molar-refractivity contribution in [3.63, 3.8) is 0 Å². The van der Waals surface area contributed by atoms with E-state index in [0.29, 0.717) is 6.07 Å². The minimum Gasteiger partial charge on any atom is -0.341 e. The van der Waals surface area contributed by atoms with Crippen LogP contribution in [0.15, 0.2) is 23.1 Å². The topological polar surface area (TPSA) is 89.3 Å². The fraction of sp³-hybridized carbons (Fsp3) is 0.182. The molecule has 1 aromatic carbocycles. The van der Waals surface area contributed by atoms with Crippen molar-refractivity contribution < 1.29 is 17.6 Å². The first-order chi connectivity index (χ1) is 8.36. The lowest BCUT2D eigenvalue weighted by Crippen LogP contribution is -2.25. The molecule has 0 aliphatic carbocycles. The lowest BCUT2D eigenvalue weighted by molar-refractivity contribution is 0.0954. The fourth-order valence-electron chi connectivity index (χ4n) is 1.17. The Morgan fingerprint density at radius 1 is 1.50 bits per heavy atom. The molecule has 1 amide bonds. The van der Waals surface area contributed by atoms with E-state index in [2.05, 4.69) is 17.2 Å². The molecule has 0 radical (unpaired) electrons. The van der Waals surface area contributed by atoms with E-state index in [4.69, 9.17) is 5.14 Å². The molecular weight excluding hydrogens is 259 g/mol. The first-order valence-electron chi connectivity index (χ1n) is 4.86. The fourth-order valence-corrected chi connectivity index (χ4v) is 1.69. The van der Waals surface area contributed by atoms with Crippen LogP contribution in [0, 0.1) is 17.7 Å². The molecule has 96 valence electrons. The van der Waals surface area contributed by atoms with E-state index in [1.54, 1.807) is 6.92 Å². The predicted octanol–water partition coefficient (Wildman–Crippen LogP) is 0.226. The van der Waals surface area contributed by atoms with E-state index in [0.717, 1.165) is 12.1 Å². The van der Waals surface area contributed by atoms with Gasteiger partial charge in [-0.3, -0.25) is 4.79 Å². The van der Waals surface area contributed by atoms with Gasteiger partial charge in [0.05, 0.1) is 17.0 Å². The summed E-state index contributed by atoms with van der Waals surface area (Å²) in [6.45, 7) is 1.69. The lowest BCUT2D eigenvalue weighted by atomic mass is 10.2. The first kappa shape index (κ1) is 14.2. The number of nitrogens with two attached hydrogens (primary N) is 1. The van der Waals surface area contributed by atoms with Crippen molar-refractivity contribution in [2.75, 3.05) is 6.54 Å². The molecule has 0 fully saturated rings. The highest BCUT2D eigenvalue weighted by Crippen LogP contribution is 2.13. The van der Waals surface area contributed by atoms with Gasteiger partial charge in [-0.25, -0.2) is 17.9 Å². The zero-order chi connectivity index (χ0) is 13.8. The summed E-state index contributed by atoms with van der Waals surface area (Å²) < 4.78 is 35.5. The number of benzene rings is 1. The predicted molar refractivity (Wildman–Crippen MR) is 63.6 cm³/mol. The summed E-state index contributed by atoms with van der Waals surface area (Å²) in [5.74, 6) is 3.52. The Labute approximate surface area is 104 Å². The third-order valence-corrected chi connectivity index (χ3v) is 2.94. The second-order valence-corrected chi connectivity index (χ2v) is 4.86. The van der Waals surface area contributed by atoms with Gasteiger partial charge in [0.1, 0.15) is 5.82 Å². The number of amides is 1.